The summed E-state index contributed by atoms with van der Waals surface area (Å²) in [7, 11) is 0. The van der Waals surface area contributed by atoms with Crippen LogP contribution in [0.3, 0.4) is 0 Å². The van der Waals surface area contributed by atoms with Crippen molar-refractivity contribution >= 4 is 0 Å². The first-order valence-electron chi connectivity index (χ1n) is 7.31. The van der Waals surface area contributed by atoms with Gasteiger partial charge in [0, 0.05) is 32.4 Å². The first-order chi connectivity index (χ1) is 9.39. The van der Waals surface area contributed by atoms with Crippen molar-refractivity contribution in [2.45, 2.75) is 18.3 Å². The summed E-state index contributed by atoms with van der Waals surface area (Å²) in [5.74, 6) is 0. The molecule has 0 aliphatic carbocycles. The topological polar surface area (TPSA) is 37.4 Å². The van der Waals surface area contributed by atoms with Crippen molar-refractivity contribution in [1.82, 2.24) is 15.2 Å². The molecule has 2 fully saturated rings. The number of pyridine rings is 1. The molecule has 19 heavy (non-hydrogen) atoms. The highest BCUT2D eigenvalue weighted by Crippen LogP contribution is 2.35. The fourth-order valence-electron chi connectivity index (χ4n) is 3.02. The first-order valence-corrected chi connectivity index (χ1v) is 7.31. The third kappa shape index (κ3) is 2.96. The summed E-state index contributed by atoms with van der Waals surface area (Å²) in [5.41, 5.74) is 1.40. The predicted molar refractivity (Wildman–Crippen MR) is 75.3 cm³/mol. The molecule has 1 aromatic rings. The summed E-state index contributed by atoms with van der Waals surface area (Å²) in [4.78, 5) is 7.09. The van der Waals surface area contributed by atoms with Crippen LogP contribution in [0.5, 0.6) is 0 Å². The summed E-state index contributed by atoms with van der Waals surface area (Å²) in [6, 6.07) is 6.21. The monoisotopic (exact) mass is 261 g/mol. The van der Waals surface area contributed by atoms with Gasteiger partial charge in [-0.25, -0.2) is 0 Å². The Hall–Kier alpha value is -0.970. The minimum absolute atomic E-state index is 0.190. The number of aromatic nitrogens is 1. The molecule has 2 aliphatic rings. The van der Waals surface area contributed by atoms with E-state index in [1.54, 1.807) is 0 Å². The number of nitrogens with one attached hydrogen (secondary N) is 1. The Morgan fingerprint density at radius 2 is 2.11 bits per heavy atom. The van der Waals surface area contributed by atoms with E-state index in [1.165, 1.54) is 38.2 Å². The molecule has 1 N–H and O–H groups in total. The van der Waals surface area contributed by atoms with E-state index >= 15 is 0 Å². The number of piperazine rings is 1. The van der Waals surface area contributed by atoms with Gasteiger partial charge >= 0.3 is 0 Å². The zero-order valence-corrected chi connectivity index (χ0v) is 11.5. The normalized spacial score (nSPS) is 22.9. The van der Waals surface area contributed by atoms with Crippen molar-refractivity contribution in [2.75, 3.05) is 45.9 Å². The van der Waals surface area contributed by atoms with E-state index in [4.69, 9.17) is 4.74 Å². The van der Waals surface area contributed by atoms with Crippen LogP contribution < -0.4 is 5.32 Å². The van der Waals surface area contributed by atoms with Crippen LogP contribution in [-0.4, -0.2) is 55.8 Å². The molecule has 0 atom stereocenters. The first kappa shape index (κ1) is 13.0. The number of hydrogen-bond acceptors (Lipinski definition) is 4. The van der Waals surface area contributed by atoms with Crippen LogP contribution in [0.4, 0.5) is 0 Å². The van der Waals surface area contributed by atoms with Crippen LogP contribution in [0.15, 0.2) is 24.4 Å². The van der Waals surface area contributed by atoms with Crippen LogP contribution in [0.1, 0.15) is 18.5 Å². The van der Waals surface area contributed by atoms with Gasteiger partial charge in [0.05, 0.1) is 24.3 Å². The fraction of sp³-hybridized carbons (Fsp3) is 0.667. The second-order valence-electron chi connectivity index (χ2n) is 5.68. The second kappa shape index (κ2) is 5.99. The molecule has 4 heteroatoms. The summed E-state index contributed by atoms with van der Waals surface area (Å²) in [6.45, 7) is 7.52. The Balaban J connectivity index is 1.52. The maximum atomic E-state index is 5.47. The molecule has 0 spiro atoms. The third-order valence-electron chi connectivity index (χ3n) is 4.30. The molecule has 0 aromatic carbocycles. The van der Waals surface area contributed by atoms with E-state index in [0.717, 1.165) is 26.3 Å². The zero-order chi connectivity index (χ0) is 13.0. The van der Waals surface area contributed by atoms with Gasteiger partial charge in [-0.1, -0.05) is 6.07 Å². The third-order valence-corrected chi connectivity index (χ3v) is 4.30. The van der Waals surface area contributed by atoms with E-state index in [9.17, 15) is 0 Å². The highest BCUT2D eigenvalue weighted by atomic mass is 16.5. The number of ether oxygens (including phenoxy) is 1. The molecule has 2 saturated heterocycles. The van der Waals surface area contributed by atoms with Crippen molar-refractivity contribution in [1.29, 1.82) is 0 Å². The van der Waals surface area contributed by atoms with Crippen molar-refractivity contribution in [2.24, 2.45) is 0 Å². The van der Waals surface area contributed by atoms with Gasteiger partial charge in [-0.15, -0.1) is 0 Å². The van der Waals surface area contributed by atoms with E-state index in [1.807, 2.05) is 12.3 Å². The molecule has 104 valence electrons. The highest BCUT2D eigenvalue weighted by molar-refractivity contribution is 5.20. The SMILES string of the molecule is c1ccc(C2(CCCN3CCNCC3)COC2)nc1. The van der Waals surface area contributed by atoms with Gasteiger partial charge in [-0.3, -0.25) is 4.98 Å². The maximum Gasteiger partial charge on any atom is 0.0600 e. The minimum atomic E-state index is 0.190. The molecule has 3 rings (SSSR count). The summed E-state index contributed by atoms with van der Waals surface area (Å²) in [6.07, 6.45) is 4.32. The Morgan fingerprint density at radius 1 is 1.26 bits per heavy atom. The predicted octanol–water partition coefficient (Wildman–Crippen LogP) is 1.03. The van der Waals surface area contributed by atoms with Crippen molar-refractivity contribution in [3.05, 3.63) is 30.1 Å². The molecule has 0 amide bonds. The minimum Gasteiger partial charge on any atom is -0.379 e. The van der Waals surface area contributed by atoms with Gasteiger partial charge in [0.15, 0.2) is 0 Å². The van der Waals surface area contributed by atoms with Gasteiger partial charge in [0.1, 0.15) is 0 Å². The molecule has 0 unspecified atom stereocenters. The summed E-state index contributed by atoms with van der Waals surface area (Å²) >= 11 is 0. The molecule has 2 aliphatic heterocycles. The molecule has 3 heterocycles. The number of hydrogen-bond donors (Lipinski definition) is 1. The van der Waals surface area contributed by atoms with E-state index < -0.39 is 0 Å². The van der Waals surface area contributed by atoms with Crippen LogP contribution in [0.2, 0.25) is 0 Å². The molecule has 0 bridgehead atoms. The van der Waals surface area contributed by atoms with Crippen LogP contribution >= 0.6 is 0 Å². The average Bonchev–Trinajstić information content (AvgIpc) is 2.44. The Kier molecular flexibility index (Phi) is 4.11. The summed E-state index contributed by atoms with van der Waals surface area (Å²) in [5, 5.41) is 3.40. The standard InChI is InChI=1S/C15H23N3O/c1-2-6-17-14(4-1)15(12-19-13-15)5-3-9-18-10-7-16-8-11-18/h1-2,4,6,16H,3,5,7-13H2. The molecule has 4 nitrogen and oxygen atoms in total. The smallest absolute Gasteiger partial charge is 0.0600 e. The van der Waals surface area contributed by atoms with Gasteiger partial charge in [0.2, 0.25) is 0 Å². The Bertz CT molecular complexity index is 386. The lowest BCUT2D eigenvalue weighted by Crippen LogP contribution is -2.48. The zero-order valence-electron chi connectivity index (χ0n) is 11.5. The lowest BCUT2D eigenvalue weighted by molar-refractivity contribution is -0.0681. The van der Waals surface area contributed by atoms with Crippen molar-refractivity contribution < 1.29 is 4.74 Å². The van der Waals surface area contributed by atoms with Gasteiger partial charge in [-0.2, -0.15) is 0 Å². The quantitative estimate of drug-likeness (QED) is 0.859. The lowest BCUT2D eigenvalue weighted by Gasteiger charge is -2.41. The van der Waals surface area contributed by atoms with Crippen LogP contribution in [0.25, 0.3) is 0 Å². The maximum absolute atomic E-state index is 5.47. The van der Waals surface area contributed by atoms with Crippen molar-refractivity contribution in [3.8, 4) is 0 Å². The molecule has 0 radical (unpaired) electrons. The number of nitrogens with zero attached hydrogens (tertiary/aromatic N) is 2. The van der Waals surface area contributed by atoms with Crippen LogP contribution in [-0.2, 0) is 10.2 Å². The Morgan fingerprint density at radius 3 is 2.74 bits per heavy atom. The Labute approximate surface area is 115 Å². The average molecular weight is 261 g/mol. The molecule has 0 saturated carbocycles. The van der Waals surface area contributed by atoms with Gasteiger partial charge in [-0.05, 0) is 31.5 Å². The largest absolute Gasteiger partial charge is 0.379 e. The van der Waals surface area contributed by atoms with Crippen LogP contribution in [0, 0.1) is 0 Å². The second-order valence-corrected chi connectivity index (χ2v) is 5.68. The van der Waals surface area contributed by atoms with Crippen molar-refractivity contribution in [3.63, 3.8) is 0 Å². The van der Waals surface area contributed by atoms with E-state index in [-0.39, 0.29) is 5.41 Å². The summed E-state index contributed by atoms with van der Waals surface area (Å²) < 4.78 is 5.47. The highest BCUT2D eigenvalue weighted by Gasteiger charge is 2.40. The molecular formula is C15H23N3O. The molecular weight excluding hydrogens is 238 g/mol. The number of rotatable bonds is 5. The van der Waals surface area contributed by atoms with Gasteiger partial charge in [0.25, 0.3) is 0 Å². The van der Waals surface area contributed by atoms with E-state index in [0.29, 0.717) is 0 Å². The lowest BCUT2D eigenvalue weighted by atomic mass is 9.78. The van der Waals surface area contributed by atoms with E-state index in [2.05, 4.69) is 27.3 Å². The molecule has 1 aromatic heterocycles. The van der Waals surface area contributed by atoms with Gasteiger partial charge < -0.3 is 15.0 Å². The fourth-order valence-corrected chi connectivity index (χ4v) is 3.02.